The van der Waals surface area contributed by atoms with E-state index >= 15 is 0 Å². The molecule has 4 heteroatoms. The summed E-state index contributed by atoms with van der Waals surface area (Å²) >= 11 is 0. The van der Waals surface area contributed by atoms with E-state index in [0.717, 1.165) is 0 Å². The molecule has 1 amide bonds. The summed E-state index contributed by atoms with van der Waals surface area (Å²) in [7, 11) is 0. The molecule has 1 aromatic rings. The minimum atomic E-state index is -1.45. The molecule has 0 bridgehead atoms. The summed E-state index contributed by atoms with van der Waals surface area (Å²) in [4.78, 5) is 11.0. The van der Waals surface area contributed by atoms with Crippen LogP contribution in [-0.2, 0) is 0 Å². The summed E-state index contributed by atoms with van der Waals surface area (Å²) < 4.78 is 17.6. The second-order valence-corrected chi connectivity index (χ2v) is 2.91. The van der Waals surface area contributed by atoms with Crippen LogP contribution in [0, 0.1) is 0 Å². The number of carbonyl (C=O) groups is 1. The fraction of sp³-hybridized carbons (Fsp3) is 0.100. The molecule has 1 aromatic carbocycles. The van der Waals surface area contributed by atoms with E-state index in [-0.39, 0.29) is 0 Å². The topological polar surface area (TPSA) is 52.3 Å². The Hall–Kier alpha value is -1.84. The Balaban J connectivity index is 2.55. The minimum Gasteiger partial charge on any atom is -0.456 e. The van der Waals surface area contributed by atoms with Gasteiger partial charge in [-0.25, -0.2) is 0 Å². The number of carbonyl (C=O) groups excluding carboxylic acids is 1. The number of fused-ring (bicyclic) bond motifs is 1. The first-order chi connectivity index (χ1) is 6.68. The molecule has 0 aliphatic carbocycles. The highest BCUT2D eigenvalue weighted by Gasteiger charge is 2.17. The molecule has 0 unspecified atom stereocenters. The Morgan fingerprint density at radius 2 is 2.29 bits per heavy atom. The smallest absolute Gasteiger partial charge is 0.257 e. The van der Waals surface area contributed by atoms with Crippen LogP contribution in [0.5, 0.6) is 5.75 Å². The number of hydrogen-bond acceptors (Lipinski definition) is 2. The molecule has 1 aliphatic heterocycles. The molecule has 1 atom stereocenters. The van der Waals surface area contributed by atoms with Gasteiger partial charge in [-0.3, -0.25) is 4.79 Å². The number of rotatable bonds is 1. The SMILES string of the molecule is NC(=O)c1cccc2c1C=C[C@H](F)O2. The van der Waals surface area contributed by atoms with Crippen molar-refractivity contribution in [3.8, 4) is 5.75 Å². The highest BCUT2D eigenvalue weighted by Crippen LogP contribution is 2.28. The van der Waals surface area contributed by atoms with Crippen LogP contribution >= 0.6 is 0 Å². The van der Waals surface area contributed by atoms with Crippen molar-refractivity contribution in [3.63, 3.8) is 0 Å². The van der Waals surface area contributed by atoms with Crippen LogP contribution in [0.4, 0.5) is 4.39 Å². The second kappa shape index (κ2) is 3.14. The van der Waals surface area contributed by atoms with Crippen LogP contribution in [0.1, 0.15) is 15.9 Å². The highest BCUT2D eigenvalue weighted by atomic mass is 19.1. The lowest BCUT2D eigenvalue weighted by molar-refractivity contribution is 0.0990. The summed E-state index contributed by atoms with van der Waals surface area (Å²) in [6.45, 7) is 0. The first-order valence-electron chi connectivity index (χ1n) is 4.10. The lowest BCUT2D eigenvalue weighted by Gasteiger charge is -2.16. The number of ether oxygens (including phenoxy) is 1. The summed E-state index contributed by atoms with van der Waals surface area (Å²) in [5, 5.41) is 0. The third kappa shape index (κ3) is 1.35. The Kier molecular flexibility index (Phi) is 1.96. The van der Waals surface area contributed by atoms with Gasteiger partial charge in [0.25, 0.3) is 6.36 Å². The quantitative estimate of drug-likeness (QED) is 0.734. The van der Waals surface area contributed by atoms with Gasteiger partial charge in [-0.15, -0.1) is 0 Å². The molecule has 0 aromatic heterocycles. The molecule has 14 heavy (non-hydrogen) atoms. The third-order valence-electron chi connectivity index (χ3n) is 1.99. The van der Waals surface area contributed by atoms with E-state index in [1.807, 2.05) is 0 Å². The molecular weight excluding hydrogens is 185 g/mol. The molecule has 1 aliphatic rings. The van der Waals surface area contributed by atoms with E-state index in [0.29, 0.717) is 16.9 Å². The Morgan fingerprint density at radius 3 is 3.00 bits per heavy atom. The number of hydrogen-bond donors (Lipinski definition) is 1. The van der Waals surface area contributed by atoms with Crippen molar-refractivity contribution in [2.24, 2.45) is 5.73 Å². The molecule has 0 saturated carbocycles. The van der Waals surface area contributed by atoms with Gasteiger partial charge < -0.3 is 10.5 Å². The predicted octanol–water partition coefficient (Wildman–Crippen LogP) is 1.49. The van der Waals surface area contributed by atoms with Crippen molar-refractivity contribution in [1.29, 1.82) is 0 Å². The molecule has 1 heterocycles. The number of nitrogens with two attached hydrogens (primary N) is 1. The fourth-order valence-corrected chi connectivity index (χ4v) is 1.37. The van der Waals surface area contributed by atoms with Crippen molar-refractivity contribution in [2.75, 3.05) is 0 Å². The summed E-state index contributed by atoms with van der Waals surface area (Å²) in [6.07, 6.45) is 1.28. The normalized spacial score (nSPS) is 18.5. The van der Waals surface area contributed by atoms with Gasteiger partial charge >= 0.3 is 0 Å². The molecule has 2 N–H and O–H groups in total. The van der Waals surface area contributed by atoms with Crippen molar-refractivity contribution in [2.45, 2.75) is 6.36 Å². The van der Waals surface area contributed by atoms with E-state index in [1.54, 1.807) is 18.2 Å². The maximum atomic E-state index is 12.8. The fourth-order valence-electron chi connectivity index (χ4n) is 1.37. The standard InChI is InChI=1S/C10H8FNO2/c11-9-5-4-6-7(10(12)13)2-1-3-8(6)14-9/h1-5,9H,(H2,12,13)/t9-/m1/s1. The Labute approximate surface area is 80.0 Å². The van der Waals surface area contributed by atoms with Gasteiger partial charge in [0.15, 0.2) is 0 Å². The number of benzene rings is 1. The molecule has 0 fully saturated rings. The molecular formula is C10H8FNO2. The summed E-state index contributed by atoms with van der Waals surface area (Å²) in [5.74, 6) is -0.205. The molecule has 3 nitrogen and oxygen atoms in total. The van der Waals surface area contributed by atoms with Crippen LogP contribution in [-0.4, -0.2) is 12.3 Å². The maximum Gasteiger partial charge on any atom is 0.257 e. The van der Waals surface area contributed by atoms with Gasteiger partial charge in [-0.05, 0) is 24.3 Å². The predicted molar refractivity (Wildman–Crippen MR) is 49.5 cm³/mol. The van der Waals surface area contributed by atoms with Crippen LogP contribution in [0.15, 0.2) is 24.3 Å². The average Bonchev–Trinajstić information content (AvgIpc) is 2.16. The lowest BCUT2D eigenvalue weighted by Crippen LogP contribution is -2.16. The van der Waals surface area contributed by atoms with E-state index < -0.39 is 12.3 Å². The monoisotopic (exact) mass is 193 g/mol. The molecule has 0 saturated heterocycles. The largest absolute Gasteiger partial charge is 0.456 e. The number of amides is 1. The second-order valence-electron chi connectivity index (χ2n) is 2.91. The van der Waals surface area contributed by atoms with Crippen LogP contribution < -0.4 is 10.5 Å². The highest BCUT2D eigenvalue weighted by molar-refractivity contribution is 5.97. The third-order valence-corrected chi connectivity index (χ3v) is 1.99. The van der Waals surface area contributed by atoms with Gasteiger partial charge in [0.1, 0.15) is 5.75 Å². The van der Waals surface area contributed by atoms with E-state index in [4.69, 9.17) is 10.5 Å². The van der Waals surface area contributed by atoms with Crippen LogP contribution in [0.2, 0.25) is 0 Å². The molecule has 2 rings (SSSR count). The Morgan fingerprint density at radius 1 is 1.50 bits per heavy atom. The number of halogens is 1. The number of primary amides is 1. The van der Waals surface area contributed by atoms with Crippen LogP contribution in [0.25, 0.3) is 6.08 Å². The summed E-state index contributed by atoms with van der Waals surface area (Å²) in [5.41, 5.74) is 6.02. The average molecular weight is 193 g/mol. The van der Waals surface area contributed by atoms with Crippen LogP contribution in [0.3, 0.4) is 0 Å². The van der Waals surface area contributed by atoms with Gasteiger partial charge in [-0.2, -0.15) is 4.39 Å². The van der Waals surface area contributed by atoms with Crippen molar-refractivity contribution in [1.82, 2.24) is 0 Å². The molecule has 0 spiro atoms. The lowest BCUT2D eigenvalue weighted by atomic mass is 10.0. The minimum absolute atomic E-state index is 0.339. The molecule has 72 valence electrons. The zero-order valence-electron chi connectivity index (χ0n) is 7.24. The van der Waals surface area contributed by atoms with E-state index in [1.165, 1.54) is 12.2 Å². The van der Waals surface area contributed by atoms with Gasteiger partial charge in [0, 0.05) is 5.56 Å². The van der Waals surface area contributed by atoms with Crippen molar-refractivity contribution >= 4 is 12.0 Å². The van der Waals surface area contributed by atoms with Gasteiger partial charge in [0.2, 0.25) is 5.91 Å². The first kappa shape index (κ1) is 8.74. The zero-order chi connectivity index (χ0) is 10.1. The number of alkyl halides is 1. The Bertz CT molecular complexity index is 415. The van der Waals surface area contributed by atoms with Crippen molar-refractivity contribution in [3.05, 3.63) is 35.4 Å². The van der Waals surface area contributed by atoms with Gasteiger partial charge in [0.05, 0.1) is 5.56 Å². The maximum absolute atomic E-state index is 12.8. The molecule has 0 radical (unpaired) electrons. The van der Waals surface area contributed by atoms with Gasteiger partial charge in [-0.1, -0.05) is 6.07 Å². The van der Waals surface area contributed by atoms with E-state index in [2.05, 4.69) is 0 Å². The van der Waals surface area contributed by atoms with Crippen molar-refractivity contribution < 1.29 is 13.9 Å². The van der Waals surface area contributed by atoms with E-state index in [9.17, 15) is 9.18 Å². The summed E-state index contributed by atoms with van der Waals surface area (Å²) in [6, 6.07) is 4.77. The first-order valence-corrected chi connectivity index (χ1v) is 4.10. The zero-order valence-corrected chi connectivity index (χ0v) is 7.24.